The third-order valence-electron chi connectivity index (χ3n) is 1.28. The zero-order chi connectivity index (χ0) is 5.98. The van der Waals surface area contributed by atoms with Crippen molar-refractivity contribution in [2.75, 3.05) is 0 Å². The average Bonchev–Trinajstić information content (AvgIpc) is 1.64. The Hall–Kier alpha value is 1.01. The van der Waals surface area contributed by atoms with Crippen LogP contribution in [0.4, 0.5) is 0 Å². The van der Waals surface area contributed by atoms with Crippen LogP contribution in [0.1, 0.15) is 6.42 Å². The molecule has 0 saturated carbocycles. The van der Waals surface area contributed by atoms with Gasteiger partial charge < -0.3 is 0 Å². The third kappa shape index (κ3) is 2.09. The van der Waals surface area contributed by atoms with Crippen LogP contribution in [0.25, 0.3) is 0 Å². The van der Waals surface area contributed by atoms with E-state index in [2.05, 4.69) is 0 Å². The summed E-state index contributed by atoms with van der Waals surface area (Å²) in [4.78, 5) is 0. The molecule has 0 aromatic heterocycles. The molecule has 1 fully saturated rings. The summed E-state index contributed by atoms with van der Waals surface area (Å²) in [7, 11) is -0.912. The third-order valence-corrected chi connectivity index (χ3v) is 9.68. The van der Waals surface area contributed by atoms with Crippen LogP contribution < -0.4 is 0 Å². The SMILES string of the molecule is Cl[Si]1CCC[Si](Cl)C1. The molecule has 1 aliphatic rings. The van der Waals surface area contributed by atoms with Gasteiger partial charge in [0.25, 0.3) is 0 Å². The van der Waals surface area contributed by atoms with Gasteiger partial charge in [-0.3, -0.25) is 0 Å². The minimum absolute atomic E-state index is 0.456. The van der Waals surface area contributed by atoms with E-state index >= 15 is 0 Å². The fourth-order valence-corrected chi connectivity index (χ4v) is 9.73. The molecule has 1 heterocycles. The largest absolute Gasteiger partial charge is 0.169 e. The van der Waals surface area contributed by atoms with E-state index in [-0.39, 0.29) is 0 Å². The van der Waals surface area contributed by atoms with E-state index in [9.17, 15) is 0 Å². The first-order chi connectivity index (χ1) is 3.79. The standard InChI is InChI=1S/C4H8Cl2Si2/c5-7-2-1-3-8(6)4-7/h1-4H2. The Kier molecular flexibility index (Phi) is 2.89. The highest BCUT2D eigenvalue weighted by atomic mass is 35.6. The molecule has 0 N–H and O–H groups in total. The molecule has 1 aliphatic heterocycles. The van der Waals surface area contributed by atoms with Crippen LogP contribution in [0.15, 0.2) is 0 Å². The van der Waals surface area contributed by atoms with Crippen molar-refractivity contribution >= 4 is 38.4 Å². The average molecular weight is 183 g/mol. The lowest BCUT2D eigenvalue weighted by atomic mass is 10.6. The highest BCUT2D eigenvalue weighted by Crippen LogP contribution is 2.23. The van der Waals surface area contributed by atoms with Crippen molar-refractivity contribution in [1.29, 1.82) is 0 Å². The van der Waals surface area contributed by atoms with Crippen LogP contribution in [-0.2, 0) is 0 Å². The van der Waals surface area contributed by atoms with Gasteiger partial charge in [-0.2, -0.15) is 22.2 Å². The molecule has 46 valence electrons. The topological polar surface area (TPSA) is 0 Å². The summed E-state index contributed by atoms with van der Waals surface area (Å²) in [5.74, 6) is 0. The minimum atomic E-state index is -0.456. The fraction of sp³-hybridized carbons (Fsp3) is 1.00. The molecule has 0 nitrogen and oxygen atoms in total. The second-order valence-corrected chi connectivity index (χ2v) is 9.76. The Morgan fingerprint density at radius 2 is 1.50 bits per heavy atom. The van der Waals surface area contributed by atoms with Gasteiger partial charge in [0, 0.05) is 0 Å². The number of rotatable bonds is 0. The summed E-state index contributed by atoms with van der Waals surface area (Å²) < 4.78 is 0. The Morgan fingerprint density at radius 3 is 1.75 bits per heavy atom. The van der Waals surface area contributed by atoms with Gasteiger partial charge in [0.05, 0.1) is 0 Å². The second kappa shape index (κ2) is 3.25. The highest BCUT2D eigenvalue weighted by Gasteiger charge is 2.21. The molecule has 2 radical (unpaired) electrons. The van der Waals surface area contributed by atoms with Crippen molar-refractivity contribution in [3.63, 3.8) is 0 Å². The number of halogens is 2. The van der Waals surface area contributed by atoms with Gasteiger partial charge >= 0.3 is 0 Å². The summed E-state index contributed by atoms with van der Waals surface area (Å²) in [6.07, 6.45) is 1.30. The van der Waals surface area contributed by atoms with Crippen molar-refractivity contribution in [1.82, 2.24) is 0 Å². The molecule has 0 atom stereocenters. The molecule has 0 bridgehead atoms. The molecule has 1 saturated heterocycles. The molecule has 0 unspecified atom stereocenters. The maximum atomic E-state index is 5.95. The molecule has 0 amide bonds. The van der Waals surface area contributed by atoms with E-state index in [1.54, 1.807) is 0 Å². The molecule has 0 aromatic carbocycles. The van der Waals surface area contributed by atoms with Gasteiger partial charge in [-0.25, -0.2) is 0 Å². The Morgan fingerprint density at radius 1 is 1.00 bits per heavy atom. The van der Waals surface area contributed by atoms with Crippen LogP contribution >= 0.6 is 22.2 Å². The van der Waals surface area contributed by atoms with Gasteiger partial charge in [-0.1, -0.05) is 6.42 Å². The lowest BCUT2D eigenvalue weighted by Crippen LogP contribution is -2.20. The molecule has 4 heteroatoms. The zero-order valence-electron chi connectivity index (χ0n) is 4.58. The van der Waals surface area contributed by atoms with E-state index < -0.39 is 16.2 Å². The predicted molar refractivity (Wildman–Crippen MR) is 42.3 cm³/mol. The smallest absolute Gasteiger partial charge is 0.163 e. The number of hydrogen-bond acceptors (Lipinski definition) is 0. The van der Waals surface area contributed by atoms with Gasteiger partial charge in [0.2, 0.25) is 0 Å². The van der Waals surface area contributed by atoms with Crippen molar-refractivity contribution < 1.29 is 0 Å². The van der Waals surface area contributed by atoms with E-state index in [0.717, 1.165) is 0 Å². The van der Waals surface area contributed by atoms with Crippen LogP contribution in [0.3, 0.4) is 0 Å². The van der Waals surface area contributed by atoms with E-state index in [4.69, 9.17) is 22.2 Å². The normalized spacial score (nSPS) is 26.2. The first-order valence-corrected chi connectivity index (χ1v) is 8.64. The van der Waals surface area contributed by atoms with E-state index in [1.165, 1.54) is 24.2 Å². The zero-order valence-corrected chi connectivity index (χ0v) is 8.10. The predicted octanol–water partition coefficient (Wildman–Crippen LogP) is 2.39. The minimum Gasteiger partial charge on any atom is -0.169 e. The van der Waals surface area contributed by atoms with Gasteiger partial charge in [-0.05, 0) is 17.8 Å². The molecule has 1 rings (SSSR count). The van der Waals surface area contributed by atoms with Crippen LogP contribution in [0.2, 0.25) is 17.8 Å². The highest BCUT2D eigenvalue weighted by molar-refractivity contribution is 7.19. The van der Waals surface area contributed by atoms with Crippen molar-refractivity contribution in [2.45, 2.75) is 24.2 Å². The molecular formula is C4H8Cl2Si2. The molecule has 8 heavy (non-hydrogen) atoms. The molecule has 0 spiro atoms. The Bertz CT molecular complexity index is 70.4. The maximum Gasteiger partial charge on any atom is 0.163 e. The molecular weight excluding hydrogens is 175 g/mol. The van der Waals surface area contributed by atoms with E-state index in [0.29, 0.717) is 0 Å². The van der Waals surface area contributed by atoms with Crippen LogP contribution in [0.5, 0.6) is 0 Å². The lowest BCUT2D eigenvalue weighted by molar-refractivity contribution is 1.03. The number of hydrogen-bond donors (Lipinski definition) is 0. The second-order valence-electron chi connectivity index (χ2n) is 2.06. The quantitative estimate of drug-likeness (QED) is 0.399. The fourth-order valence-electron chi connectivity index (χ4n) is 0.857. The van der Waals surface area contributed by atoms with Crippen molar-refractivity contribution in [3.8, 4) is 0 Å². The van der Waals surface area contributed by atoms with Gasteiger partial charge in [0.15, 0.2) is 16.2 Å². The first kappa shape index (κ1) is 7.12. The summed E-state index contributed by atoms with van der Waals surface area (Å²) in [5, 5.41) is 0. The first-order valence-electron chi connectivity index (χ1n) is 2.79. The monoisotopic (exact) mass is 182 g/mol. The van der Waals surface area contributed by atoms with Crippen LogP contribution in [0, 0.1) is 0 Å². The summed E-state index contributed by atoms with van der Waals surface area (Å²) in [6.45, 7) is 0. The van der Waals surface area contributed by atoms with Crippen molar-refractivity contribution in [3.05, 3.63) is 0 Å². The summed E-state index contributed by atoms with van der Waals surface area (Å²) in [5.41, 5.74) is 1.21. The lowest BCUT2D eigenvalue weighted by Gasteiger charge is -2.15. The van der Waals surface area contributed by atoms with Crippen molar-refractivity contribution in [2.24, 2.45) is 0 Å². The Balaban J connectivity index is 2.23. The molecule has 0 aromatic rings. The molecule has 0 aliphatic carbocycles. The van der Waals surface area contributed by atoms with Gasteiger partial charge in [0.1, 0.15) is 0 Å². The summed E-state index contributed by atoms with van der Waals surface area (Å²) in [6, 6.07) is 2.57. The Labute approximate surface area is 62.8 Å². The van der Waals surface area contributed by atoms with Gasteiger partial charge in [-0.15, -0.1) is 0 Å². The van der Waals surface area contributed by atoms with E-state index in [1.807, 2.05) is 0 Å². The maximum absolute atomic E-state index is 5.95. The summed E-state index contributed by atoms with van der Waals surface area (Å²) >= 11 is 11.9. The van der Waals surface area contributed by atoms with Crippen LogP contribution in [-0.4, -0.2) is 16.2 Å².